The fourth-order valence-electron chi connectivity index (χ4n) is 7.84. The van der Waals surface area contributed by atoms with Gasteiger partial charge in [-0.3, -0.25) is 19.1 Å². The van der Waals surface area contributed by atoms with Crippen LogP contribution < -0.4 is 15.4 Å². The molecule has 2 unspecified atom stereocenters. The van der Waals surface area contributed by atoms with Crippen molar-refractivity contribution >= 4 is 58.1 Å². The van der Waals surface area contributed by atoms with E-state index >= 15 is 0 Å². The molecule has 5 atom stereocenters. The molecule has 4 amide bonds. The Labute approximate surface area is 328 Å². The molecule has 0 radical (unpaired) electrons. The molecule has 2 fully saturated rings. The molecule has 2 aliphatic rings. The van der Waals surface area contributed by atoms with Crippen LogP contribution in [0.4, 0.5) is 4.79 Å². The summed E-state index contributed by atoms with van der Waals surface area (Å²) in [4.78, 5) is 55.4. The van der Waals surface area contributed by atoms with Crippen molar-refractivity contribution in [2.45, 2.75) is 108 Å². The van der Waals surface area contributed by atoms with Gasteiger partial charge in [0.05, 0.1) is 6.04 Å². The maximum atomic E-state index is 14.2. The number of aliphatic hydroxyl groups excluding tert-OH is 1. The molecule has 10 nitrogen and oxygen atoms in total. The lowest BCUT2D eigenvalue weighted by molar-refractivity contribution is -0.142. The standard InChI is InChI=1S/C42H55ClN4O6S/c1-5-47(6-2)40(51)36(48)34(25-31-21-22-44-38(31)49)45-39(50)35(23-27-13-8-7-9-14-27)54-46-41(52)53-37(42(3,4)32-17-12-18-33(43)26-32)30-20-19-28-15-10-11-16-29(28)24-30/h10-12,15-20,24,26-27,31,34-37,48H,5-9,13-14,21-23,25H2,1-4H3,(H,44,49)(H,45,50)(H,46,52)/t31-,34-,35-,36?,37?/m0/s1. The second kappa shape index (κ2) is 19.2. The van der Waals surface area contributed by atoms with Crippen LogP contribution in [-0.4, -0.2) is 70.9 Å². The molecule has 1 saturated carbocycles. The first-order valence-corrected chi connectivity index (χ1v) is 20.6. The smallest absolute Gasteiger partial charge is 0.417 e. The van der Waals surface area contributed by atoms with Crippen molar-refractivity contribution in [3.05, 3.63) is 82.9 Å². The van der Waals surface area contributed by atoms with Crippen LogP contribution in [0, 0.1) is 11.8 Å². The molecule has 12 heteroatoms. The number of amides is 4. The Morgan fingerprint density at radius 2 is 1.69 bits per heavy atom. The van der Waals surface area contributed by atoms with Gasteiger partial charge in [0.2, 0.25) is 11.8 Å². The van der Waals surface area contributed by atoms with E-state index < -0.39 is 52.7 Å². The molecular weight excluding hydrogens is 724 g/mol. The van der Waals surface area contributed by atoms with E-state index in [2.05, 4.69) is 15.4 Å². The van der Waals surface area contributed by atoms with Crippen molar-refractivity contribution in [3.8, 4) is 0 Å². The highest BCUT2D eigenvalue weighted by Gasteiger charge is 2.39. The van der Waals surface area contributed by atoms with Crippen molar-refractivity contribution in [2.75, 3.05) is 19.6 Å². The number of carbonyl (C=O) groups is 4. The van der Waals surface area contributed by atoms with Crippen molar-refractivity contribution in [2.24, 2.45) is 11.8 Å². The molecule has 3 aromatic rings. The first kappa shape index (κ1) is 41.4. The number of aliphatic hydroxyl groups is 1. The van der Waals surface area contributed by atoms with Crippen LogP contribution in [0.3, 0.4) is 0 Å². The van der Waals surface area contributed by atoms with Crippen molar-refractivity contribution in [1.29, 1.82) is 0 Å². The second-order valence-electron chi connectivity index (χ2n) is 15.2. The zero-order chi connectivity index (χ0) is 38.8. The molecule has 3 aromatic carbocycles. The van der Waals surface area contributed by atoms with Gasteiger partial charge in [-0.1, -0.05) is 106 Å². The van der Waals surface area contributed by atoms with Gasteiger partial charge in [0, 0.05) is 36.0 Å². The third kappa shape index (κ3) is 10.5. The molecule has 4 N–H and O–H groups in total. The third-order valence-electron chi connectivity index (χ3n) is 11.1. The molecule has 54 heavy (non-hydrogen) atoms. The van der Waals surface area contributed by atoms with Crippen LogP contribution in [0.25, 0.3) is 10.8 Å². The Morgan fingerprint density at radius 1 is 0.963 bits per heavy atom. The van der Waals surface area contributed by atoms with Crippen molar-refractivity contribution in [3.63, 3.8) is 0 Å². The normalized spacial score (nSPS) is 18.6. The fraction of sp³-hybridized carbons (Fsp3) is 0.524. The highest BCUT2D eigenvalue weighted by molar-refractivity contribution is 7.99. The first-order chi connectivity index (χ1) is 25.9. The minimum Gasteiger partial charge on any atom is -0.440 e. The molecule has 1 saturated heterocycles. The Hall–Kier alpha value is -3.80. The molecule has 5 rings (SSSR count). The van der Waals surface area contributed by atoms with E-state index in [9.17, 15) is 24.3 Å². The van der Waals surface area contributed by atoms with Crippen molar-refractivity contribution < 1.29 is 29.0 Å². The van der Waals surface area contributed by atoms with Crippen molar-refractivity contribution in [1.82, 2.24) is 20.3 Å². The van der Waals surface area contributed by atoms with Gasteiger partial charge in [0.25, 0.3) is 5.91 Å². The highest BCUT2D eigenvalue weighted by atomic mass is 35.5. The minimum atomic E-state index is -1.53. The predicted molar refractivity (Wildman–Crippen MR) is 215 cm³/mol. The maximum absolute atomic E-state index is 14.2. The van der Waals surface area contributed by atoms with Gasteiger partial charge in [-0.25, -0.2) is 4.79 Å². The number of likely N-dealkylation sites (N-methyl/N-ethyl adjacent to an activating group) is 1. The molecule has 1 aliphatic carbocycles. The number of nitrogens with zero attached hydrogens (tertiary/aromatic N) is 1. The van der Waals surface area contributed by atoms with E-state index in [1.807, 2.05) is 88.4 Å². The predicted octanol–water partition coefficient (Wildman–Crippen LogP) is 7.47. The van der Waals surface area contributed by atoms with E-state index in [0.717, 1.165) is 66.0 Å². The Morgan fingerprint density at radius 3 is 2.35 bits per heavy atom. The highest BCUT2D eigenvalue weighted by Crippen LogP contribution is 2.41. The summed E-state index contributed by atoms with van der Waals surface area (Å²) >= 11 is 7.41. The molecule has 292 valence electrons. The summed E-state index contributed by atoms with van der Waals surface area (Å²) in [6, 6.07) is 20.5. The third-order valence-corrected chi connectivity index (χ3v) is 12.3. The average molecular weight is 779 g/mol. The summed E-state index contributed by atoms with van der Waals surface area (Å²) in [6.07, 6.45) is 3.44. The van der Waals surface area contributed by atoms with Gasteiger partial charge in [-0.2, -0.15) is 0 Å². The van der Waals surface area contributed by atoms with E-state index in [4.69, 9.17) is 16.3 Å². The maximum Gasteiger partial charge on any atom is 0.417 e. The van der Waals surface area contributed by atoms with Gasteiger partial charge in [0.15, 0.2) is 6.10 Å². The topological polar surface area (TPSA) is 137 Å². The minimum absolute atomic E-state index is 0.119. The molecular formula is C42H55ClN4O6S. The van der Waals surface area contributed by atoms with E-state index in [1.165, 1.54) is 4.90 Å². The van der Waals surface area contributed by atoms with Gasteiger partial charge < -0.3 is 25.4 Å². The zero-order valence-corrected chi connectivity index (χ0v) is 33.4. The number of hydrogen-bond donors (Lipinski definition) is 4. The monoisotopic (exact) mass is 778 g/mol. The number of halogens is 1. The quantitative estimate of drug-likeness (QED) is 0.111. The summed E-state index contributed by atoms with van der Waals surface area (Å²) in [5, 5.41) is 19.0. The average Bonchev–Trinajstić information content (AvgIpc) is 3.58. The van der Waals surface area contributed by atoms with Gasteiger partial charge in [-0.05, 0) is 91.1 Å². The molecule has 1 aliphatic heterocycles. The van der Waals surface area contributed by atoms with Crippen LogP contribution in [0.15, 0.2) is 66.7 Å². The largest absolute Gasteiger partial charge is 0.440 e. The lowest BCUT2D eigenvalue weighted by atomic mass is 9.76. The number of benzene rings is 3. The number of nitrogens with one attached hydrogen (secondary N) is 3. The number of fused-ring (bicyclic) bond motifs is 1. The first-order valence-electron chi connectivity index (χ1n) is 19.3. The van der Waals surface area contributed by atoms with Crippen LogP contribution in [0.1, 0.15) is 96.3 Å². The van der Waals surface area contributed by atoms with Crippen LogP contribution in [0.2, 0.25) is 5.02 Å². The molecule has 0 aromatic heterocycles. The van der Waals surface area contributed by atoms with Crippen LogP contribution in [-0.2, 0) is 24.5 Å². The summed E-state index contributed by atoms with van der Waals surface area (Å²) in [5.41, 5.74) is 0.991. The lowest BCUT2D eigenvalue weighted by Crippen LogP contribution is -2.54. The SMILES string of the molecule is CCN(CC)C(=O)C(O)[C@H](C[C@@H]1CCNC1=O)NC(=O)[C@H](CC1CCCCC1)SNC(=O)OC(c1ccc2ccccc2c1)C(C)(C)c1cccc(Cl)c1. The van der Waals surface area contributed by atoms with Crippen LogP contribution >= 0.6 is 23.5 Å². The number of hydrogen-bond acceptors (Lipinski definition) is 7. The van der Waals surface area contributed by atoms with E-state index in [0.29, 0.717) is 37.5 Å². The van der Waals surface area contributed by atoms with Gasteiger partial charge in [-0.15, -0.1) is 0 Å². The Kier molecular flexibility index (Phi) is 14.7. The summed E-state index contributed by atoms with van der Waals surface area (Å²) in [5.74, 6) is -1.24. The number of rotatable bonds is 16. The van der Waals surface area contributed by atoms with Gasteiger partial charge >= 0.3 is 6.09 Å². The van der Waals surface area contributed by atoms with Crippen LogP contribution in [0.5, 0.6) is 0 Å². The second-order valence-corrected chi connectivity index (χ2v) is 16.6. The lowest BCUT2D eigenvalue weighted by Gasteiger charge is -2.35. The summed E-state index contributed by atoms with van der Waals surface area (Å²) < 4.78 is 9.12. The Balaban J connectivity index is 1.37. The van der Waals surface area contributed by atoms with E-state index in [1.54, 1.807) is 6.07 Å². The molecule has 1 heterocycles. The summed E-state index contributed by atoms with van der Waals surface area (Å²) in [7, 11) is 0. The Bertz CT molecular complexity index is 1760. The number of ether oxygens (including phenoxy) is 1. The molecule has 0 spiro atoms. The van der Waals surface area contributed by atoms with Gasteiger partial charge in [0.1, 0.15) is 11.4 Å². The number of carbonyl (C=O) groups excluding carboxylic acids is 4. The summed E-state index contributed by atoms with van der Waals surface area (Å²) in [6.45, 7) is 8.98. The van der Waals surface area contributed by atoms with E-state index in [-0.39, 0.29) is 18.2 Å². The zero-order valence-electron chi connectivity index (χ0n) is 31.8. The molecule has 0 bridgehead atoms. The fourth-order valence-corrected chi connectivity index (χ4v) is 8.86.